The number of carbonyl (C=O) groups excluding carboxylic acids is 1. The number of nitrogens with zero attached hydrogens (tertiary/aromatic N) is 1. The molecule has 1 atom stereocenters. The summed E-state index contributed by atoms with van der Waals surface area (Å²) in [6, 6.07) is 12.5. The molecule has 1 aromatic heterocycles. The largest absolute Gasteiger partial charge is 0.373 e. The van der Waals surface area contributed by atoms with E-state index in [9.17, 15) is 9.90 Å². The van der Waals surface area contributed by atoms with Crippen molar-refractivity contribution in [2.24, 2.45) is 0 Å². The average Bonchev–Trinajstić information content (AvgIpc) is 3.05. The van der Waals surface area contributed by atoms with E-state index in [1.807, 2.05) is 32.0 Å². The molecule has 1 aliphatic carbocycles. The summed E-state index contributed by atoms with van der Waals surface area (Å²) >= 11 is 6.07. The van der Waals surface area contributed by atoms with E-state index in [2.05, 4.69) is 5.16 Å². The topological polar surface area (TPSA) is 63.3 Å². The Morgan fingerprint density at radius 2 is 2.00 bits per heavy atom. The van der Waals surface area contributed by atoms with Crippen molar-refractivity contribution < 1.29 is 14.4 Å². The van der Waals surface area contributed by atoms with Crippen LogP contribution in [0, 0.1) is 13.8 Å². The van der Waals surface area contributed by atoms with Crippen molar-refractivity contribution in [1.82, 2.24) is 5.16 Å². The number of aromatic nitrogens is 1. The van der Waals surface area contributed by atoms with Crippen molar-refractivity contribution in [2.75, 3.05) is 0 Å². The second-order valence-corrected chi connectivity index (χ2v) is 6.83. The van der Waals surface area contributed by atoms with Crippen molar-refractivity contribution in [2.45, 2.75) is 25.9 Å². The van der Waals surface area contributed by atoms with Gasteiger partial charge in [-0.15, -0.1) is 0 Å². The monoisotopic (exact) mass is 353 g/mol. The van der Waals surface area contributed by atoms with Crippen LogP contribution in [0.1, 0.15) is 28.1 Å². The van der Waals surface area contributed by atoms with Crippen molar-refractivity contribution in [1.29, 1.82) is 0 Å². The molecular formula is C20H16ClNO3. The van der Waals surface area contributed by atoms with Gasteiger partial charge in [-0.25, -0.2) is 0 Å². The van der Waals surface area contributed by atoms with E-state index in [-0.39, 0.29) is 12.2 Å². The molecule has 25 heavy (non-hydrogen) atoms. The van der Waals surface area contributed by atoms with Crippen molar-refractivity contribution in [3.05, 3.63) is 75.6 Å². The minimum atomic E-state index is -1.69. The Kier molecular flexibility index (Phi) is 3.56. The minimum absolute atomic E-state index is 0.195. The first-order valence-electron chi connectivity index (χ1n) is 7.99. The molecule has 1 N–H and O–H groups in total. The van der Waals surface area contributed by atoms with Crippen molar-refractivity contribution in [3.8, 4) is 11.1 Å². The predicted molar refractivity (Wildman–Crippen MR) is 94.6 cm³/mol. The Labute approximate surface area is 150 Å². The lowest BCUT2D eigenvalue weighted by atomic mass is 9.86. The lowest BCUT2D eigenvalue weighted by molar-refractivity contribution is -0.131. The zero-order chi connectivity index (χ0) is 17.8. The maximum absolute atomic E-state index is 12.7. The van der Waals surface area contributed by atoms with Crippen LogP contribution in [0.4, 0.5) is 0 Å². The van der Waals surface area contributed by atoms with Crippen molar-refractivity contribution in [3.63, 3.8) is 0 Å². The van der Waals surface area contributed by atoms with E-state index in [0.717, 1.165) is 22.4 Å². The third-order valence-corrected chi connectivity index (χ3v) is 5.05. The van der Waals surface area contributed by atoms with Gasteiger partial charge in [-0.3, -0.25) is 4.79 Å². The van der Waals surface area contributed by atoms with Gasteiger partial charge in [0.05, 0.1) is 5.69 Å². The molecule has 126 valence electrons. The summed E-state index contributed by atoms with van der Waals surface area (Å²) in [5.74, 6) is 0.453. The van der Waals surface area contributed by atoms with Crippen LogP contribution in [-0.4, -0.2) is 16.0 Å². The number of rotatable bonds is 2. The molecule has 1 unspecified atom stereocenters. The smallest absolute Gasteiger partial charge is 0.177 e. The van der Waals surface area contributed by atoms with E-state index in [4.69, 9.17) is 16.1 Å². The summed E-state index contributed by atoms with van der Waals surface area (Å²) in [6.07, 6.45) is 0.195. The second-order valence-electron chi connectivity index (χ2n) is 6.39. The first-order valence-corrected chi connectivity index (χ1v) is 8.37. The van der Waals surface area contributed by atoms with Crippen LogP contribution in [-0.2, 0) is 16.8 Å². The Morgan fingerprint density at radius 3 is 2.68 bits per heavy atom. The van der Waals surface area contributed by atoms with Gasteiger partial charge < -0.3 is 9.63 Å². The number of aliphatic hydroxyl groups is 1. The summed E-state index contributed by atoms with van der Waals surface area (Å²) in [6.45, 7) is 3.71. The number of fused-ring (bicyclic) bond motifs is 1. The fraction of sp³-hybridized carbons (Fsp3) is 0.200. The highest BCUT2D eigenvalue weighted by Crippen LogP contribution is 2.42. The second kappa shape index (κ2) is 5.55. The summed E-state index contributed by atoms with van der Waals surface area (Å²) in [4.78, 5) is 12.7. The lowest BCUT2D eigenvalue weighted by Crippen LogP contribution is -2.33. The number of hydrogen-bond acceptors (Lipinski definition) is 4. The zero-order valence-corrected chi connectivity index (χ0v) is 14.6. The molecular weight excluding hydrogens is 338 g/mol. The molecule has 0 aliphatic heterocycles. The molecule has 0 radical (unpaired) electrons. The SMILES string of the molecule is Cc1noc(C)c1-c1ccc2c(c1)C(O)(c1cccc(Cl)c1)C(=O)C2. The van der Waals surface area contributed by atoms with E-state index in [1.165, 1.54) is 0 Å². The fourth-order valence-corrected chi connectivity index (χ4v) is 3.79. The number of ketones is 1. The maximum atomic E-state index is 12.7. The molecule has 0 fully saturated rings. The molecule has 0 saturated heterocycles. The Hall–Kier alpha value is -2.43. The molecule has 2 aromatic carbocycles. The molecule has 0 bridgehead atoms. The molecule has 0 spiro atoms. The molecule has 4 nitrogen and oxygen atoms in total. The Balaban J connectivity index is 1.93. The van der Waals surface area contributed by atoms with Gasteiger partial charge in [0.25, 0.3) is 0 Å². The summed E-state index contributed by atoms with van der Waals surface area (Å²) in [5.41, 5.74) is 2.74. The molecule has 1 aliphatic rings. The Bertz CT molecular complexity index is 988. The van der Waals surface area contributed by atoms with Crippen molar-refractivity contribution >= 4 is 17.4 Å². The number of benzene rings is 2. The van der Waals surface area contributed by atoms with Gasteiger partial charge in [0.1, 0.15) is 5.76 Å². The van der Waals surface area contributed by atoms with E-state index in [0.29, 0.717) is 21.9 Å². The average molecular weight is 354 g/mol. The minimum Gasteiger partial charge on any atom is -0.373 e. The third-order valence-electron chi connectivity index (χ3n) is 4.82. The molecule has 0 amide bonds. The van der Waals surface area contributed by atoms with Crippen LogP contribution in [0.2, 0.25) is 5.02 Å². The van der Waals surface area contributed by atoms with Crippen LogP contribution >= 0.6 is 11.6 Å². The molecule has 3 aromatic rings. The zero-order valence-electron chi connectivity index (χ0n) is 13.8. The number of halogens is 1. The first kappa shape index (κ1) is 16.1. The quantitative estimate of drug-likeness (QED) is 0.757. The van der Waals surface area contributed by atoms with Gasteiger partial charge in [-0.2, -0.15) is 0 Å². The highest BCUT2D eigenvalue weighted by Gasteiger charge is 2.46. The van der Waals surface area contributed by atoms with Crippen LogP contribution in [0.25, 0.3) is 11.1 Å². The predicted octanol–water partition coefficient (Wildman–Crippen LogP) is 3.97. The van der Waals surface area contributed by atoms with Gasteiger partial charge in [-0.1, -0.05) is 41.0 Å². The van der Waals surface area contributed by atoms with Crippen LogP contribution in [0.3, 0.4) is 0 Å². The van der Waals surface area contributed by atoms with E-state index < -0.39 is 5.60 Å². The summed E-state index contributed by atoms with van der Waals surface area (Å²) < 4.78 is 5.25. The molecule has 5 heteroatoms. The number of hydrogen-bond donors (Lipinski definition) is 1. The maximum Gasteiger partial charge on any atom is 0.177 e. The van der Waals surface area contributed by atoms with Gasteiger partial charge in [0.15, 0.2) is 11.4 Å². The fourth-order valence-electron chi connectivity index (χ4n) is 3.60. The number of aryl methyl sites for hydroxylation is 2. The van der Waals surface area contributed by atoms with Gasteiger partial charge in [-0.05, 0) is 54.3 Å². The Morgan fingerprint density at radius 1 is 1.20 bits per heavy atom. The number of carbonyl (C=O) groups is 1. The summed E-state index contributed by atoms with van der Waals surface area (Å²) in [5, 5.41) is 15.8. The molecule has 4 rings (SSSR count). The van der Waals surface area contributed by atoms with Crippen LogP contribution in [0.15, 0.2) is 47.0 Å². The normalized spacial score (nSPS) is 19.3. The highest BCUT2D eigenvalue weighted by atomic mass is 35.5. The molecule has 1 heterocycles. The highest BCUT2D eigenvalue weighted by molar-refractivity contribution is 6.30. The lowest BCUT2D eigenvalue weighted by Gasteiger charge is -2.23. The van der Waals surface area contributed by atoms with Gasteiger partial charge >= 0.3 is 0 Å². The van der Waals surface area contributed by atoms with Crippen LogP contribution < -0.4 is 0 Å². The van der Waals surface area contributed by atoms with Gasteiger partial charge in [0.2, 0.25) is 0 Å². The number of Topliss-reactive ketones (excluding diaryl/α,β-unsaturated/α-hetero) is 1. The van der Waals surface area contributed by atoms with E-state index in [1.54, 1.807) is 24.3 Å². The van der Waals surface area contributed by atoms with E-state index >= 15 is 0 Å². The van der Waals surface area contributed by atoms with Crippen LogP contribution in [0.5, 0.6) is 0 Å². The summed E-state index contributed by atoms with van der Waals surface area (Å²) in [7, 11) is 0. The standard InChI is InChI=1S/C20H16ClNO3/c1-11-19(12(2)25-22-11)14-7-6-13-9-18(23)20(24,17(13)8-14)15-4-3-5-16(21)10-15/h3-8,10,24H,9H2,1-2H3. The first-order chi connectivity index (χ1) is 11.9. The molecule has 0 saturated carbocycles. The third kappa shape index (κ3) is 2.33. The van der Waals surface area contributed by atoms with Gasteiger partial charge in [0, 0.05) is 17.0 Å².